The van der Waals surface area contributed by atoms with Crippen molar-refractivity contribution in [1.29, 1.82) is 0 Å². The number of rotatable bonds is 4. The average molecular weight is 274 g/mol. The number of thioether (sulfide) groups is 1. The molecule has 0 fully saturated rings. The van der Waals surface area contributed by atoms with Crippen LogP contribution in [0.5, 0.6) is 0 Å². The van der Waals surface area contributed by atoms with Crippen LogP contribution < -0.4 is 5.73 Å². The van der Waals surface area contributed by atoms with E-state index in [1.54, 1.807) is 11.8 Å². The molecule has 1 aromatic rings. The monoisotopic (exact) mass is 274 g/mol. The number of carbonyl (C=O) groups excluding carboxylic acids is 1. The first-order valence-corrected chi connectivity index (χ1v) is 6.79. The largest absolute Gasteiger partial charge is 0.396 e. The van der Waals surface area contributed by atoms with Gasteiger partial charge in [-0.1, -0.05) is 0 Å². The van der Waals surface area contributed by atoms with Gasteiger partial charge in [0.1, 0.15) is 11.4 Å². The van der Waals surface area contributed by atoms with Gasteiger partial charge in [-0.25, -0.2) is 8.78 Å². The van der Waals surface area contributed by atoms with Gasteiger partial charge in [0.15, 0.2) is 5.82 Å². The van der Waals surface area contributed by atoms with Gasteiger partial charge >= 0.3 is 0 Å². The number of anilines is 1. The first-order valence-electron chi connectivity index (χ1n) is 5.39. The zero-order chi connectivity index (χ0) is 13.9. The van der Waals surface area contributed by atoms with Crippen molar-refractivity contribution in [3.63, 3.8) is 0 Å². The first-order chi connectivity index (χ1) is 8.40. The van der Waals surface area contributed by atoms with Gasteiger partial charge in [-0.2, -0.15) is 11.8 Å². The quantitative estimate of drug-likeness (QED) is 0.857. The Morgan fingerprint density at radius 3 is 2.67 bits per heavy atom. The predicted molar refractivity (Wildman–Crippen MR) is 70.7 cm³/mol. The lowest BCUT2D eigenvalue weighted by Gasteiger charge is -2.24. The Kier molecular flexibility index (Phi) is 4.95. The number of nitrogen functional groups attached to an aromatic ring is 1. The fourth-order valence-corrected chi connectivity index (χ4v) is 2.20. The second kappa shape index (κ2) is 6.04. The van der Waals surface area contributed by atoms with E-state index in [4.69, 9.17) is 5.73 Å². The maximum Gasteiger partial charge on any atom is 0.259 e. The van der Waals surface area contributed by atoms with E-state index >= 15 is 0 Å². The van der Waals surface area contributed by atoms with Crippen LogP contribution in [0.1, 0.15) is 17.3 Å². The topological polar surface area (TPSA) is 46.3 Å². The molecule has 0 aromatic heterocycles. The lowest BCUT2D eigenvalue weighted by molar-refractivity contribution is 0.0748. The summed E-state index contributed by atoms with van der Waals surface area (Å²) in [5.41, 5.74) is 4.52. The summed E-state index contributed by atoms with van der Waals surface area (Å²) in [4.78, 5) is 13.4. The van der Waals surface area contributed by atoms with Gasteiger partial charge in [0.2, 0.25) is 0 Å². The van der Waals surface area contributed by atoms with Crippen LogP contribution in [0.25, 0.3) is 0 Å². The first kappa shape index (κ1) is 14.8. The molecule has 1 aromatic carbocycles. The highest BCUT2D eigenvalue weighted by Crippen LogP contribution is 2.21. The molecule has 18 heavy (non-hydrogen) atoms. The Balaban J connectivity index is 3.07. The molecule has 100 valence electrons. The maximum atomic E-state index is 13.7. The molecular weight excluding hydrogens is 258 g/mol. The standard InChI is InChI=1S/C12H16F2N2OS/c1-7(6-18-3)16(2)12(17)10-8(13)4-5-9(15)11(10)14/h4-5,7H,6,15H2,1-3H3. The van der Waals surface area contributed by atoms with Crippen molar-refractivity contribution >= 4 is 23.4 Å². The van der Waals surface area contributed by atoms with Gasteiger partial charge in [-0.3, -0.25) is 4.79 Å². The molecule has 0 spiro atoms. The number of benzene rings is 1. The maximum absolute atomic E-state index is 13.7. The summed E-state index contributed by atoms with van der Waals surface area (Å²) in [5, 5.41) is 0. The Morgan fingerprint density at radius 2 is 2.11 bits per heavy atom. The summed E-state index contributed by atoms with van der Waals surface area (Å²) in [6.07, 6.45) is 1.90. The van der Waals surface area contributed by atoms with Gasteiger partial charge in [-0.05, 0) is 25.3 Å². The lowest BCUT2D eigenvalue weighted by Crippen LogP contribution is -2.37. The Labute approximate surface area is 109 Å². The SMILES string of the molecule is CSCC(C)N(C)C(=O)c1c(F)ccc(N)c1F. The molecule has 6 heteroatoms. The van der Waals surface area contributed by atoms with Crippen molar-refractivity contribution in [3.05, 3.63) is 29.3 Å². The Morgan fingerprint density at radius 1 is 1.50 bits per heavy atom. The number of halogens is 2. The second-order valence-electron chi connectivity index (χ2n) is 4.05. The molecule has 0 aliphatic heterocycles. The van der Waals surface area contributed by atoms with Gasteiger partial charge in [0.05, 0.1) is 5.69 Å². The van der Waals surface area contributed by atoms with Gasteiger partial charge in [-0.15, -0.1) is 0 Å². The third-order valence-corrected chi connectivity index (χ3v) is 3.54. The van der Waals surface area contributed by atoms with Crippen molar-refractivity contribution in [2.75, 3.05) is 24.8 Å². The fraction of sp³-hybridized carbons (Fsp3) is 0.417. The Hall–Kier alpha value is -1.30. The highest BCUT2D eigenvalue weighted by atomic mass is 32.2. The smallest absolute Gasteiger partial charge is 0.259 e. The molecule has 0 aliphatic rings. The fourth-order valence-electron chi connectivity index (χ4n) is 1.49. The van der Waals surface area contributed by atoms with E-state index in [9.17, 15) is 13.6 Å². The molecule has 0 saturated carbocycles. The molecule has 1 unspecified atom stereocenters. The van der Waals surface area contributed by atoms with E-state index < -0.39 is 23.1 Å². The highest BCUT2D eigenvalue weighted by Gasteiger charge is 2.25. The summed E-state index contributed by atoms with van der Waals surface area (Å²) < 4.78 is 27.2. The van der Waals surface area contributed by atoms with Crippen LogP contribution in [0.4, 0.5) is 14.5 Å². The average Bonchev–Trinajstić information content (AvgIpc) is 2.33. The van der Waals surface area contributed by atoms with Crippen molar-refractivity contribution < 1.29 is 13.6 Å². The summed E-state index contributed by atoms with van der Waals surface area (Å²) >= 11 is 1.56. The number of hydrogen-bond acceptors (Lipinski definition) is 3. The van der Waals surface area contributed by atoms with Crippen LogP contribution in [0.15, 0.2) is 12.1 Å². The Bertz CT molecular complexity index is 454. The number of hydrogen-bond donors (Lipinski definition) is 1. The molecule has 0 saturated heterocycles. The van der Waals surface area contributed by atoms with E-state index in [1.165, 1.54) is 11.9 Å². The number of carbonyl (C=O) groups is 1. The minimum Gasteiger partial charge on any atom is -0.396 e. The molecule has 0 radical (unpaired) electrons. The molecule has 1 atom stereocenters. The molecule has 2 N–H and O–H groups in total. The van der Waals surface area contributed by atoms with Crippen LogP contribution in [-0.2, 0) is 0 Å². The molecule has 0 aliphatic carbocycles. The molecule has 1 amide bonds. The van der Waals surface area contributed by atoms with Crippen LogP contribution in [0, 0.1) is 11.6 Å². The number of amides is 1. The summed E-state index contributed by atoms with van der Waals surface area (Å²) in [7, 11) is 1.52. The van der Waals surface area contributed by atoms with E-state index in [-0.39, 0.29) is 11.7 Å². The zero-order valence-corrected chi connectivity index (χ0v) is 11.4. The number of nitrogens with zero attached hydrogens (tertiary/aromatic N) is 1. The van der Waals surface area contributed by atoms with Crippen molar-refractivity contribution in [2.45, 2.75) is 13.0 Å². The molecule has 0 bridgehead atoms. The molecule has 0 heterocycles. The number of nitrogens with two attached hydrogens (primary N) is 1. The van der Waals surface area contributed by atoms with E-state index in [0.717, 1.165) is 12.1 Å². The molecule has 1 rings (SSSR count). The van der Waals surface area contributed by atoms with Gasteiger partial charge in [0, 0.05) is 18.8 Å². The third-order valence-electron chi connectivity index (χ3n) is 2.72. The van der Waals surface area contributed by atoms with Crippen LogP contribution in [-0.4, -0.2) is 35.9 Å². The second-order valence-corrected chi connectivity index (χ2v) is 4.96. The summed E-state index contributed by atoms with van der Waals surface area (Å²) in [5.74, 6) is -1.90. The normalized spacial score (nSPS) is 12.3. The lowest BCUT2D eigenvalue weighted by atomic mass is 10.1. The van der Waals surface area contributed by atoms with E-state index in [1.807, 2.05) is 13.2 Å². The minimum absolute atomic E-state index is 0.118. The van der Waals surface area contributed by atoms with E-state index in [0.29, 0.717) is 5.75 Å². The third kappa shape index (κ3) is 2.93. The van der Waals surface area contributed by atoms with Gasteiger partial charge < -0.3 is 10.6 Å². The van der Waals surface area contributed by atoms with Crippen LogP contribution >= 0.6 is 11.8 Å². The van der Waals surface area contributed by atoms with Crippen molar-refractivity contribution in [3.8, 4) is 0 Å². The predicted octanol–water partition coefficient (Wildman–Crippen LogP) is 2.37. The summed E-state index contributed by atoms with van der Waals surface area (Å²) in [6, 6.07) is 1.98. The molecule has 3 nitrogen and oxygen atoms in total. The summed E-state index contributed by atoms with van der Waals surface area (Å²) in [6.45, 7) is 1.82. The van der Waals surface area contributed by atoms with E-state index in [2.05, 4.69) is 0 Å². The highest BCUT2D eigenvalue weighted by molar-refractivity contribution is 7.98. The van der Waals surface area contributed by atoms with Crippen LogP contribution in [0.2, 0.25) is 0 Å². The van der Waals surface area contributed by atoms with Crippen LogP contribution in [0.3, 0.4) is 0 Å². The zero-order valence-electron chi connectivity index (χ0n) is 10.5. The minimum atomic E-state index is -0.997. The van der Waals surface area contributed by atoms with Crippen molar-refractivity contribution in [1.82, 2.24) is 4.90 Å². The van der Waals surface area contributed by atoms with Gasteiger partial charge in [0.25, 0.3) is 5.91 Å². The molecular formula is C12H16F2N2OS. The van der Waals surface area contributed by atoms with Crippen molar-refractivity contribution in [2.24, 2.45) is 0 Å².